The van der Waals surface area contributed by atoms with Crippen molar-refractivity contribution >= 4 is 118 Å². The van der Waals surface area contributed by atoms with E-state index in [0.717, 1.165) is 4.90 Å². The molecule has 0 bridgehead atoms. The van der Waals surface area contributed by atoms with Gasteiger partial charge in [-0.25, -0.2) is 4.79 Å². The van der Waals surface area contributed by atoms with Gasteiger partial charge in [-0.15, -0.1) is 0 Å². The topological polar surface area (TPSA) is 712 Å². The van der Waals surface area contributed by atoms with Crippen molar-refractivity contribution < 1.29 is 97.5 Å². The Labute approximate surface area is 627 Å². The van der Waals surface area contributed by atoms with E-state index in [-0.39, 0.29) is 114 Å². The van der Waals surface area contributed by atoms with E-state index in [0.29, 0.717) is 17.7 Å². The van der Waals surface area contributed by atoms with E-state index < -0.39 is 206 Å². The Balaban J connectivity index is 2.38. The van der Waals surface area contributed by atoms with Crippen LogP contribution in [0.25, 0.3) is 0 Å². The van der Waals surface area contributed by atoms with Gasteiger partial charge in [-0.05, 0) is 100 Å². The average Bonchev–Trinajstić information content (AvgIpc) is 1.62. The van der Waals surface area contributed by atoms with Crippen LogP contribution in [0, 0.1) is 11.8 Å². The van der Waals surface area contributed by atoms with Crippen molar-refractivity contribution in [2.75, 3.05) is 57.9 Å². The van der Waals surface area contributed by atoms with Crippen LogP contribution in [0.3, 0.4) is 0 Å². The van der Waals surface area contributed by atoms with E-state index in [2.05, 4.69) is 73.5 Å². The summed E-state index contributed by atoms with van der Waals surface area (Å²) in [6.07, 6.45) is -0.613. The normalized spacial score (nSPS) is 15.5. The third kappa shape index (κ3) is 35.6. The fourth-order valence-electron chi connectivity index (χ4n) is 10.7. The standard InChI is InChI=1S/C65H108N22O20S/c1-33(2)27-41(55(99)80-40(62(106)107)17-11-24-75-65(71)72)81-53(97)38(19-20-48(91)92)79-56(100)43(29-49(93)94)83-59(103)46-18-12-25-87(46)61(105)45(32-89)85-58(102)44(31-88)84-60(104)50(34(3)4)86-57(101)42(28-35-13-7-6-8-14-35)82-52(96)37(16-10-23-74-64(69)70)78-54(98)39(21-26-108-5)77-47(90)30-76-51(95)36(66)15-9-22-73-63(67)68/h6-8,13-14,33-34,36-46,50,88-89H,9-12,15-32,66H2,1-5H3,(H,76,95)(H,77,90)(H,78,98)(H,79,100)(H,80,99)(H,81,97)(H,82,96)(H,83,103)(H,84,104)(H,85,102)(H,86,101)(H,91,92)(H,93,94)(H,106,107)(H4,67,68,73)(H4,69,70,74)(H4,71,72,75)/t36-,37-,38-,39-,40-,41-,42-,43-,44-,45-,46-,50-/m0/s1. The highest BCUT2D eigenvalue weighted by molar-refractivity contribution is 7.98. The van der Waals surface area contributed by atoms with Crippen LogP contribution in [0.2, 0.25) is 0 Å². The van der Waals surface area contributed by atoms with Crippen LogP contribution in [0.15, 0.2) is 45.3 Å². The van der Waals surface area contributed by atoms with Crippen molar-refractivity contribution in [1.82, 2.24) is 63.4 Å². The van der Waals surface area contributed by atoms with Crippen LogP contribution in [0.4, 0.5) is 0 Å². The molecule has 604 valence electrons. The first-order valence-electron chi connectivity index (χ1n) is 34.9. The molecule has 1 aliphatic heterocycles. The second-order valence-corrected chi connectivity index (χ2v) is 27.0. The van der Waals surface area contributed by atoms with Gasteiger partial charge < -0.3 is 129 Å². The fraction of sp³-hybridized carbons (Fsp3) is 0.631. The molecule has 1 aliphatic rings. The number of aliphatic hydroxyl groups is 2. The summed E-state index contributed by atoms with van der Waals surface area (Å²) in [6.45, 7) is 3.50. The molecule has 0 radical (unpaired) electrons. The number of hydrogen-bond donors (Lipinski definition) is 23. The smallest absolute Gasteiger partial charge is 0.326 e. The fourth-order valence-corrected chi connectivity index (χ4v) is 11.2. The van der Waals surface area contributed by atoms with Gasteiger partial charge in [-0.1, -0.05) is 58.0 Å². The Morgan fingerprint density at radius 3 is 1.49 bits per heavy atom. The van der Waals surface area contributed by atoms with Crippen molar-refractivity contribution in [2.45, 2.75) is 190 Å². The van der Waals surface area contributed by atoms with Gasteiger partial charge in [0.05, 0.1) is 32.2 Å². The van der Waals surface area contributed by atoms with E-state index in [4.69, 9.17) is 40.1 Å². The highest BCUT2D eigenvalue weighted by Crippen LogP contribution is 2.20. The number of carbonyl (C=O) groups excluding carboxylic acids is 12. The number of likely N-dealkylation sites (tertiary alicyclic amines) is 1. The second-order valence-electron chi connectivity index (χ2n) is 26.0. The average molecular weight is 1550 g/mol. The zero-order chi connectivity index (χ0) is 81.3. The Kier molecular flexibility index (Phi) is 42.6. The molecule has 42 nitrogen and oxygen atoms in total. The Bertz CT molecular complexity index is 3300. The lowest BCUT2D eigenvalue weighted by Gasteiger charge is -2.30. The van der Waals surface area contributed by atoms with Gasteiger partial charge in [-0.2, -0.15) is 11.8 Å². The van der Waals surface area contributed by atoms with Crippen LogP contribution in [0.1, 0.15) is 117 Å². The molecular weight excluding hydrogens is 1440 g/mol. The number of nitrogens with zero attached hydrogens (tertiary/aromatic N) is 4. The number of carboxylic acid groups (broad SMARTS) is 3. The minimum Gasteiger partial charge on any atom is -0.481 e. The summed E-state index contributed by atoms with van der Waals surface area (Å²) < 4.78 is 0. The maximum atomic E-state index is 14.6. The molecule has 0 aliphatic carbocycles. The molecule has 1 aromatic rings. The first kappa shape index (κ1) is 93.4. The predicted octanol–water partition coefficient (Wildman–Crippen LogP) is -8.46. The number of aliphatic carboxylic acids is 3. The number of aliphatic hydroxyl groups excluding tert-OH is 2. The SMILES string of the molecule is CSCC[C@H](NC(=O)CNC(=O)[C@@H](N)CCCN=C(N)N)C(=O)N[C@@H](CCCN=C(N)N)C(=O)N[C@@H](Cc1ccccc1)C(=O)N[C@H](C(=O)N[C@@H](CO)C(=O)N[C@@H](CO)C(=O)N1CCC[C@H]1C(=O)N[C@@H](CC(=O)O)C(=O)N[C@@H](CCC(=O)O)C(=O)N[C@@H](CC(C)C)C(=O)N[C@@H](CCCN=C(N)N)C(=O)O)C(C)C. The third-order valence-corrected chi connectivity index (χ3v) is 17.0. The summed E-state index contributed by atoms with van der Waals surface area (Å²) in [5.74, 6) is -18.1. The summed E-state index contributed by atoms with van der Waals surface area (Å²) in [7, 11) is 0. The molecule has 30 N–H and O–H groups in total. The molecule has 12 amide bonds. The zero-order valence-electron chi connectivity index (χ0n) is 61.1. The lowest BCUT2D eigenvalue weighted by Crippen LogP contribution is -2.62. The maximum absolute atomic E-state index is 14.6. The molecule has 0 unspecified atom stereocenters. The number of thioether (sulfide) groups is 1. The summed E-state index contributed by atoms with van der Waals surface area (Å²) in [5.41, 5.74) is 38.9. The Morgan fingerprint density at radius 2 is 0.981 bits per heavy atom. The highest BCUT2D eigenvalue weighted by atomic mass is 32.2. The minimum atomic E-state index is -2.03. The molecule has 43 heteroatoms. The van der Waals surface area contributed by atoms with Gasteiger partial charge >= 0.3 is 17.9 Å². The van der Waals surface area contributed by atoms with Crippen LogP contribution in [-0.4, -0.2) is 268 Å². The van der Waals surface area contributed by atoms with Gasteiger partial charge in [0, 0.05) is 39.0 Å². The molecule has 1 heterocycles. The van der Waals surface area contributed by atoms with Gasteiger partial charge in [0.2, 0.25) is 70.9 Å². The van der Waals surface area contributed by atoms with E-state index in [1.807, 2.05) is 0 Å². The number of hydrogen-bond acceptors (Lipinski definition) is 22. The monoisotopic (exact) mass is 1550 g/mol. The van der Waals surface area contributed by atoms with E-state index in [1.165, 1.54) is 25.6 Å². The van der Waals surface area contributed by atoms with Gasteiger partial charge in [0.15, 0.2) is 17.9 Å². The Hall–Kier alpha value is -10.7. The summed E-state index contributed by atoms with van der Waals surface area (Å²) in [6, 6.07) is -10.6. The number of nitrogens with two attached hydrogens (primary N) is 7. The lowest BCUT2D eigenvalue weighted by atomic mass is 10.00. The van der Waals surface area contributed by atoms with Crippen molar-refractivity contribution in [3.63, 3.8) is 0 Å². The Morgan fingerprint density at radius 1 is 0.519 bits per heavy atom. The number of aliphatic imine (C=N–C) groups is 3. The largest absolute Gasteiger partial charge is 0.481 e. The zero-order valence-corrected chi connectivity index (χ0v) is 61.9. The maximum Gasteiger partial charge on any atom is 0.326 e. The van der Waals surface area contributed by atoms with Crippen LogP contribution in [-0.2, 0) is 78.3 Å². The highest BCUT2D eigenvalue weighted by Gasteiger charge is 2.42. The van der Waals surface area contributed by atoms with Gasteiger partial charge in [0.1, 0.15) is 66.5 Å². The number of rotatable bonds is 51. The van der Waals surface area contributed by atoms with Gasteiger partial charge in [0.25, 0.3) is 0 Å². The summed E-state index contributed by atoms with van der Waals surface area (Å²) in [5, 5.41) is 76.9. The van der Waals surface area contributed by atoms with Crippen LogP contribution >= 0.6 is 11.8 Å². The van der Waals surface area contributed by atoms with E-state index in [9.17, 15) is 97.5 Å². The molecule has 12 atom stereocenters. The molecule has 108 heavy (non-hydrogen) atoms. The summed E-state index contributed by atoms with van der Waals surface area (Å²) >= 11 is 1.34. The lowest BCUT2D eigenvalue weighted by molar-refractivity contribution is -0.145. The van der Waals surface area contributed by atoms with E-state index >= 15 is 0 Å². The summed E-state index contributed by atoms with van der Waals surface area (Å²) in [4.78, 5) is 215. The second kappa shape index (κ2) is 49.2. The minimum absolute atomic E-state index is 0.00996. The van der Waals surface area contributed by atoms with Crippen molar-refractivity contribution in [3.8, 4) is 0 Å². The number of benzene rings is 1. The first-order valence-corrected chi connectivity index (χ1v) is 36.3. The molecule has 1 aromatic carbocycles. The number of carboxylic acids is 3. The molecule has 0 saturated carbocycles. The number of nitrogens with one attached hydrogen (secondary N) is 11. The van der Waals surface area contributed by atoms with Crippen molar-refractivity contribution in [2.24, 2.45) is 66.9 Å². The molecule has 2 rings (SSSR count). The number of guanidine groups is 3. The van der Waals surface area contributed by atoms with Crippen LogP contribution < -0.4 is 98.6 Å². The molecule has 0 spiro atoms. The third-order valence-electron chi connectivity index (χ3n) is 16.4. The van der Waals surface area contributed by atoms with Crippen molar-refractivity contribution in [1.29, 1.82) is 0 Å². The molecule has 1 fully saturated rings. The number of amides is 12. The molecule has 0 aromatic heterocycles. The quantitative estimate of drug-likeness (QED) is 0.0164. The first-order chi connectivity index (χ1) is 50.9. The van der Waals surface area contributed by atoms with Gasteiger partial charge in [-0.3, -0.25) is 82.1 Å². The van der Waals surface area contributed by atoms with Crippen LogP contribution in [0.5, 0.6) is 0 Å². The van der Waals surface area contributed by atoms with E-state index in [1.54, 1.807) is 50.4 Å². The predicted molar refractivity (Wildman–Crippen MR) is 393 cm³/mol. The van der Waals surface area contributed by atoms with Crippen molar-refractivity contribution in [3.05, 3.63) is 35.9 Å². The molecular formula is C65H108N22O20S. The molecule has 1 saturated heterocycles. The number of carbonyl (C=O) groups is 15.